The molecule has 0 aliphatic carbocycles. The minimum absolute atomic E-state index is 0.0654. The van der Waals surface area contributed by atoms with E-state index < -0.39 is 0 Å². The number of hydrogen-bond acceptors (Lipinski definition) is 2. The van der Waals surface area contributed by atoms with E-state index in [4.69, 9.17) is 0 Å². The Bertz CT molecular complexity index is 365. The Morgan fingerprint density at radius 1 is 1.28 bits per heavy atom. The molecule has 0 spiro atoms. The fourth-order valence-electron chi connectivity index (χ4n) is 1.62. The Balaban J connectivity index is 2.26. The molecule has 0 bridgehead atoms. The van der Waals surface area contributed by atoms with Gasteiger partial charge in [0, 0.05) is 25.6 Å². The molecule has 1 rings (SSSR count). The first-order valence-corrected chi connectivity index (χ1v) is 6.39. The third kappa shape index (κ3) is 5.27. The van der Waals surface area contributed by atoms with Gasteiger partial charge in [-0.25, -0.2) is 4.39 Å². The molecule has 18 heavy (non-hydrogen) atoms. The Kier molecular flexibility index (Phi) is 6.36. The molecule has 4 heteroatoms. The van der Waals surface area contributed by atoms with E-state index in [0.29, 0.717) is 13.0 Å². The fourth-order valence-corrected chi connectivity index (χ4v) is 1.62. The molecule has 3 nitrogen and oxygen atoms in total. The lowest BCUT2D eigenvalue weighted by Crippen LogP contribution is -2.29. The van der Waals surface area contributed by atoms with Gasteiger partial charge in [-0.05, 0) is 31.0 Å². The van der Waals surface area contributed by atoms with Crippen LogP contribution in [0.15, 0.2) is 24.3 Å². The number of nitrogens with one attached hydrogen (secondary N) is 2. The zero-order chi connectivity index (χ0) is 13.4. The first-order chi connectivity index (χ1) is 8.63. The summed E-state index contributed by atoms with van der Waals surface area (Å²) in [6.45, 7) is 5.37. The van der Waals surface area contributed by atoms with Crippen molar-refractivity contribution in [2.24, 2.45) is 0 Å². The minimum atomic E-state index is -0.232. The smallest absolute Gasteiger partial charge is 0.221 e. The summed E-state index contributed by atoms with van der Waals surface area (Å²) in [5.41, 5.74) is 1.02. The van der Waals surface area contributed by atoms with E-state index in [1.807, 2.05) is 13.8 Å². The number of rotatable bonds is 7. The monoisotopic (exact) mass is 252 g/mol. The molecule has 1 amide bonds. The third-order valence-electron chi connectivity index (χ3n) is 2.74. The summed E-state index contributed by atoms with van der Waals surface area (Å²) in [5, 5.41) is 6.07. The minimum Gasteiger partial charge on any atom is -0.356 e. The Morgan fingerprint density at radius 3 is 2.56 bits per heavy atom. The van der Waals surface area contributed by atoms with Gasteiger partial charge >= 0.3 is 0 Å². The maximum absolute atomic E-state index is 12.8. The van der Waals surface area contributed by atoms with Crippen molar-refractivity contribution in [3.8, 4) is 0 Å². The Morgan fingerprint density at radius 2 is 1.94 bits per heavy atom. The van der Waals surface area contributed by atoms with Gasteiger partial charge in [-0.2, -0.15) is 0 Å². The van der Waals surface area contributed by atoms with Crippen LogP contribution in [0.25, 0.3) is 0 Å². The van der Waals surface area contributed by atoms with Crippen LogP contribution in [0.4, 0.5) is 4.39 Å². The van der Waals surface area contributed by atoms with Gasteiger partial charge in [0.05, 0.1) is 0 Å². The highest BCUT2D eigenvalue weighted by Crippen LogP contribution is 2.12. The van der Waals surface area contributed by atoms with Crippen LogP contribution in [-0.2, 0) is 4.79 Å². The van der Waals surface area contributed by atoms with Gasteiger partial charge in [0.15, 0.2) is 0 Å². The van der Waals surface area contributed by atoms with E-state index in [0.717, 1.165) is 18.5 Å². The molecule has 0 aromatic heterocycles. The lowest BCUT2D eigenvalue weighted by atomic mass is 10.1. The molecular weight excluding hydrogens is 231 g/mol. The summed E-state index contributed by atoms with van der Waals surface area (Å²) < 4.78 is 12.8. The van der Waals surface area contributed by atoms with Crippen molar-refractivity contribution in [1.82, 2.24) is 10.6 Å². The predicted molar refractivity (Wildman–Crippen MR) is 70.7 cm³/mol. The zero-order valence-electron chi connectivity index (χ0n) is 11.0. The first kappa shape index (κ1) is 14.6. The number of carbonyl (C=O) groups is 1. The largest absolute Gasteiger partial charge is 0.356 e. The van der Waals surface area contributed by atoms with Crippen LogP contribution in [-0.4, -0.2) is 19.0 Å². The number of halogens is 1. The molecule has 100 valence electrons. The summed E-state index contributed by atoms with van der Waals surface area (Å²) in [5.74, 6) is -0.166. The van der Waals surface area contributed by atoms with Crippen LogP contribution >= 0.6 is 0 Å². The second kappa shape index (κ2) is 7.82. The summed E-state index contributed by atoms with van der Waals surface area (Å²) in [7, 11) is 0. The lowest BCUT2D eigenvalue weighted by Gasteiger charge is -2.14. The van der Waals surface area contributed by atoms with E-state index in [1.54, 1.807) is 12.1 Å². The van der Waals surface area contributed by atoms with Crippen LogP contribution in [0.3, 0.4) is 0 Å². The molecule has 0 radical (unpaired) electrons. The van der Waals surface area contributed by atoms with Crippen LogP contribution in [0.2, 0.25) is 0 Å². The second-order valence-electron chi connectivity index (χ2n) is 4.33. The molecule has 1 aromatic rings. The zero-order valence-corrected chi connectivity index (χ0v) is 11.0. The summed E-state index contributed by atoms with van der Waals surface area (Å²) in [6.07, 6.45) is 1.41. The van der Waals surface area contributed by atoms with E-state index in [2.05, 4.69) is 10.6 Å². The van der Waals surface area contributed by atoms with Crippen molar-refractivity contribution >= 4 is 5.91 Å². The molecule has 1 unspecified atom stereocenters. The molecule has 0 aliphatic rings. The van der Waals surface area contributed by atoms with Gasteiger partial charge in [-0.1, -0.05) is 19.1 Å². The molecule has 2 N–H and O–H groups in total. The molecule has 1 aromatic carbocycles. The van der Waals surface area contributed by atoms with E-state index in [1.165, 1.54) is 12.1 Å². The van der Waals surface area contributed by atoms with Crippen molar-refractivity contribution in [2.45, 2.75) is 32.7 Å². The predicted octanol–water partition coefficient (Wildman–Crippen LogP) is 2.39. The molecule has 0 saturated heterocycles. The highest BCUT2D eigenvalue weighted by molar-refractivity contribution is 5.75. The molecule has 1 atom stereocenters. The maximum Gasteiger partial charge on any atom is 0.221 e. The number of carbonyl (C=O) groups excluding carboxylic acids is 1. The molecule has 0 aliphatic heterocycles. The number of benzene rings is 1. The highest BCUT2D eigenvalue weighted by atomic mass is 19.1. The average molecular weight is 252 g/mol. The molecule has 0 fully saturated rings. The highest BCUT2D eigenvalue weighted by Gasteiger charge is 2.06. The van der Waals surface area contributed by atoms with Gasteiger partial charge in [0.2, 0.25) is 5.91 Å². The molecular formula is C14H21FN2O. The summed E-state index contributed by atoms with van der Waals surface area (Å²) >= 11 is 0. The fraction of sp³-hybridized carbons (Fsp3) is 0.500. The summed E-state index contributed by atoms with van der Waals surface area (Å²) in [6, 6.07) is 6.52. The normalized spacial score (nSPS) is 12.2. The van der Waals surface area contributed by atoms with Crippen molar-refractivity contribution in [3.05, 3.63) is 35.6 Å². The van der Waals surface area contributed by atoms with E-state index in [9.17, 15) is 9.18 Å². The Labute approximate surface area is 108 Å². The second-order valence-corrected chi connectivity index (χ2v) is 4.33. The van der Waals surface area contributed by atoms with Crippen molar-refractivity contribution in [3.63, 3.8) is 0 Å². The van der Waals surface area contributed by atoms with Gasteiger partial charge in [0.25, 0.3) is 0 Å². The first-order valence-electron chi connectivity index (χ1n) is 6.39. The van der Waals surface area contributed by atoms with Gasteiger partial charge in [0.1, 0.15) is 5.82 Å². The van der Waals surface area contributed by atoms with Crippen LogP contribution in [0.1, 0.15) is 38.3 Å². The van der Waals surface area contributed by atoms with Crippen LogP contribution in [0, 0.1) is 5.82 Å². The molecule has 0 saturated carbocycles. The van der Waals surface area contributed by atoms with E-state index in [-0.39, 0.29) is 17.8 Å². The Hall–Kier alpha value is -1.42. The van der Waals surface area contributed by atoms with Crippen molar-refractivity contribution in [2.75, 3.05) is 13.1 Å². The van der Waals surface area contributed by atoms with Crippen molar-refractivity contribution in [1.29, 1.82) is 0 Å². The summed E-state index contributed by atoms with van der Waals surface area (Å²) in [4.78, 5) is 11.4. The standard InChI is InChI=1S/C14H21FN2O/c1-3-9-17-14(18)8-10-16-11(2)12-4-6-13(15)7-5-12/h4-7,11,16H,3,8-10H2,1-2H3,(H,17,18). The lowest BCUT2D eigenvalue weighted by molar-refractivity contribution is -0.121. The van der Waals surface area contributed by atoms with Gasteiger partial charge in [-0.3, -0.25) is 4.79 Å². The van der Waals surface area contributed by atoms with E-state index >= 15 is 0 Å². The topological polar surface area (TPSA) is 41.1 Å². The SMILES string of the molecule is CCCNC(=O)CCNC(C)c1ccc(F)cc1. The van der Waals surface area contributed by atoms with Gasteiger partial charge < -0.3 is 10.6 Å². The maximum atomic E-state index is 12.8. The average Bonchev–Trinajstić information content (AvgIpc) is 2.37. The number of hydrogen-bond donors (Lipinski definition) is 2. The quantitative estimate of drug-likeness (QED) is 0.782. The van der Waals surface area contributed by atoms with Crippen molar-refractivity contribution < 1.29 is 9.18 Å². The van der Waals surface area contributed by atoms with Gasteiger partial charge in [-0.15, -0.1) is 0 Å². The number of amides is 1. The van der Waals surface area contributed by atoms with Crippen LogP contribution < -0.4 is 10.6 Å². The molecule has 0 heterocycles. The van der Waals surface area contributed by atoms with Crippen LogP contribution in [0.5, 0.6) is 0 Å². The third-order valence-corrected chi connectivity index (χ3v) is 2.74.